The van der Waals surface area contributed by atoms with E-state index in [4.69, 9.17) is 37.0 Å². The van der Waals surface area contributed by atoms with Crippen LogP contribution in [0.25, 0.3) is 0 Å². The van der Waals surface area contributed by atoms with E-state index in [9.17, 15) is 43.2 Å². The third kappa shape index (κ3) is 84.0. The summed E-state index contributed by atoms with van der Waals surface area (Å²) in [6, 6.07) is 0. The van der Waals surface area contributed by atoms with Crippen LogP contribution in [0, 0.1) is 11.8 Å². The monoisotopic (exact) mass is 1610 g/mol. The minimum atomic E-state index is -4.97. The van der Waals surface area contributed by atoms with Crippen LogP contribution in [0.15, 0.2) is 0 Å². The normalized spacial score (nSPS) is 13.7. The number of aliphatic hydroxyl groups is 1. The topological polar surface area (TPSA) is 237 Å². The highest BCUT2D eigenvalue weighted by Gasteiger charge is 2.31. The van der Waals surface area contributed by atoms with Crippen molar-refractivity contribution in [2.24, 2.45) is 11.8 Å². The van der Waals surface area contributed by atoms with Crippen LogP contribution in [0.4, 0.5) is 0 Å². The molecule has 0 aliphatic carbocycles. The molecule has 2 unspecified atom stereocenters. The molecule has 19 heteroatoms. The van der Waals surface area contributed by atoms with Crippen LogP contribution in [0.2, 0.25) is 0 Å². The van der Waals surface area contributed by atoms with Crippen LogP contribution in [0.5, 0.6) is 0 Å². The van der Waals surface area contributed by atoms with Crippen molar-refractivity contribution in [3.8, 4) is 0 Å². The zero-order valence-corrected chi connectivity index (χ0v) is 74.4. The number of phosphoric ester groups is 2. The SMILES string of the molecule is CCCCCCCCCCCCCCCCCCCCCCCC(=O)O[C@H](COC(=O)CCCCCCCCCCCCCCCCCCCCC)COP(=O)(O)OC[C@@H](O)COP(=O)(O)OC[C@@H](COC(=O)CCCCCCCCCCCC(C)C)OC(=O)CCCCCCCCCCCCCCCCCC(C)C. The second-order valence-electron chi connectivity index (χ2n) is 33.6. The lowest BCUT2D eigenvalue weighted by atomic mass is 10.0. The molecule has 5 atom stereocenters. The fraction of sp³-hybridized carbons (Fsp3) is 0.956. The number of ether oxygens (including phenoxy) is 4. The third-order valence-corrected chi connectivity index (χ3v) is 23.4. The Balaban J connectivity index is 5.25. The van der Waals surface area contributed by atoms with Gasteiger partial charge in [0.15, 0.2) is 12.2 Å². The van der Waals surface area contributed by atoms with Crippen LogP contribution in [-0.4, -0.2) is 96.7 Å². The van der Waals surface area contributed by atoms with Crippen LogP contribution >= 0.6 is 15.6 Å². The molecule has 0 heterocycles. The number of phosphoric acid groups is 2. The zero-order chi connectivity index (χ0) is 80.6. The van der Waals surface area contributed by atoms with Gasteiger partial charge in [0.1, 0.15) is 19.3 Å². The highest BCUT2D eigenvalue weighted by molar-refractivity contribution is 7.47. The van der Waals surface area contributed by atoms with E-state index in [1.54, 1.807) is 0 Å². The Bertz CT molecular complexity index is 2100. The number of esters is 4. The molecule has 0 saturated carbocycles. The van der Waals surface area contributed by atoms with E-state index < -0.39 is 97.5 Å². The number of hydrogen-bond donors (Lipinski definition) is 3. The van der Waals surface area contributed by atoms with E-state index in [2.05, 4.69) is 41.5 Å². The average Bonchev–Trinajstić information content (AvgIpc) is 0.898. The number of carbonyl (C=O) groups is 4. The van der Waals surface area contributed by atoms with Crippen molar-refractivity contribution in [3.05, 3.63) is 0 Å². The summed E-state index contributed by atoms with van der Waals surface area (Å²) in [7, 11) is -9.94. The smallest absolute Gasteiger partial charge is 0.462 e. The highest BCUT2D eigenvalue weighted by Crippen LogP contribution is 2.45. The summed E-state index contributed by atoms with van der Waals surface area (Å²) in [6.07, 6.45) is 76.5. The Labute approximate surface area is 677 Å². The number of rotatable bonds is 90. The standard InChI is InChI=1S/C91H178O17P2/c1-7-9-11-13-15-17-19-21-23-25-27-28-30-32-36-40-44-50-57-63-69-75-90(95)107-86(79-101-88(93)73-67-61-55-49-43-39-35-31-29-26-24-22-20-18-16-14-12-10-8-2)81-105-109(97,98)103-77-85(92)78-104-110(99,100)106-82-87(80-102-89(94)74-68-62-56-52-46-48-54-60-66-72-84(5)6)108-91(96)76-70-64-58-51-45-41-37-33-34-38-42-47-53-59-65-71-83(3)4/h83-87,92H,7-82H2,1-6H3,(H,97,98)(H,99,100)/t85-,86-,87-/m1/s1. The molecular weight excluding hydrogens is 1430 g/mol. The lowest BCUT2D eigenvalue weighted by Gasteiger charge is -2.21. The van der Waals surface area contributed by atoms with Gasteiger partial charge in [-0.15, -0.1) is 0 Å². The zero-order valence-electron chi connectivity index (χ0n) is 72.6. The maximum atomic E-state index is 13.2. The summed E-state index contributed by atoms with van der Waals surface area (Å²) in [5.41, 5.74) is 0. The summed E-state index contributed by atoms with van der Waals surface area (Å²) >= 11 is 0. The lowest BCUT2D eigenvalue weighted by molar-refractivity contribution is -0.161. The summed E-state index contributed by atoms with van der Waals surface area (Å²) < 4.78 is 69.1. The Hall–Kier alpha value is -1.94. The van der Waals surface area contributed by atoms with Gasteiger partial charge in [-0.2, -0.15) is 0 Å². The van der Waals surface area contributed by atoms with E-state index in [0.717, 1.165) is 102 Å². The Morgan fingerprint density at radius 2 is 0.418 bits per heavy atom. The van der Waals surface area contributed by atoms with Gasteiger partial charge in [-0.3, -0.25) is 37.3 Å². The molecule has 0 aromatic carbocycles. The van der Waals surface area contributed by atoms with Crippen LogP contribution in [0.3, 0.4) is 0 Å². The van der Waals surface area contributed by atoms with Crippen LogP contribution < -0.4 is 0 Å². The van der Waals surface area contributed by atoms with Crippen molar-refractivity contribution < 1.29 is 80.2 Å². The van der Waals surface area contributed by atoms with E-state index >= 15 is 0 Å². The maximum Gasteiger partial charge on any atom is 0.472 e. The average molecular weight is 1610 g/mol. The van der Waals surface area contributed by atoms with Gasteiger partial charge in [-0.25, -0.2) is 9.13 Å². The molecule has 110 heavy (non-hydrogen) atoms. The van der Waals surface area contributed by atoms with Gasteiger partial charge < -0.3 is 33.8 Å². The Kier molecular flexibility index (Phi) is 80.7. The van der Waals surface area contributed by atoms with Crippen molar-refractivity contribution in [1.82, 2.24) is 0 Å². The van der Waals surface area contributed by atoms with Gasteiger partial charge in [-0.1, -0.05) is 440 Å². The molecule has 0 rings (SSSR count). The Morgan fingerprint density at radius 3 is 0.618 bits per heavy atom. The first-order chi connectivity index (χ1) is 53.4. The van der Waals surface area contributed by atoms with Crippen molar-refractivity contribution in [2.45, 2.75) is 509 Å². The second kappa shape index (κ2) is 82.2. The minimum Gasteiger partial charge on any atom is -0.462 e. The lowest BCUT2D eigenvalue weighted by Crippen LogP contribution is -2.30. The van der Waals surface area contributed by atoms with Gasteiger partial charge in [0.05, 0.1) is 26.4 Å². The molecule has 0 aliphatic rings. The van der Waals surface area contributed by atoms with E-state index in [1.807, 2.05) is 0 Å². The predicted octanol–water partition coefficient (Wildman–Crippen LogP) is 28.2. The molecule has 0 aliphatic heterocycles. The van der Waals surface area contributed by atoms with Crippen molar-refractivity contribution in [2.75, 3.05) is 39.6 Å². The summed E-state index contributed by atoms with van der Waals surface area (Å²) in [5, 5.41) is 10.7. The molecule has 0 bridgehead atoms. The first-order valence-corrected chi connectivity index (χ1v) is 50.0. The molecule has 0 saturated heterocycles. The first-order valence-electron chi connectivity index (χ1n) is 47.0. The number of aliphatic hydroxyl groups excluding tert-OH is 1. The third-order valence-electron chi connectivity index (χ3n) is 21.5. The van der Waals surface area contributed by atoms with Gasteiger partial charge in [0, 0.05) is 25.7 Å². The Morgan fingerprint density at radius 1 is 0.245 bits per heavy atom. The molecule has 0 radical (unpaired) electrons. The van der Waals surface area contributed by atoms with E-state index in [-0.39, 0.29) is 25.7 Å². The van der Waals surface area contributed by atoms with Crippen molar-refractivity contribution >= 4 is 39.5 Å². The molecule has 17 nitrogen and oxygen atoms in total. The fourth-order valence-corrected chi connectivity index (χ4v) is 15.9. The molecule has 0 aromatic rings. The van der Waals surface area contributed by atoms with Gasteiger partial charge in [0.2, 0.25) is 0 Å². The first kappa shape index (κ1) is 108. The molecular formula is C91H178O17P2. The largest absolute Gasteiger partial charge is 0.472 e. The van der Waals surface area contributed by atoms with Gasteiger partial charge in [-0.05, 0) is 37.5 Å². The summed E-state index contributed by atoms with van der Waals surface area (Å²) in [5.74, 6) is -0.550. The van der Waals surface area contributed by atoms with Crippen LogP contribution in [-0.2, 0) is 65.4 Å². The molecule has 3 N–H and O–H groups in total. The van der Waals surface area contributed by atoms with Gasteiger partial charge >= 0.3 is 39.5 Å². The van der Waals surface area contributed by atoms with E-state index in [0.29, 0.717) is 25.7 Å². The molecule has 654 valence electrons. The second-order valence-corrected chi connectivity index (χ2v) is 36.6. The molecule has 0 amide bonds. The highest BCUT2D eigenvalue weighted by atomic mass is 31.2. The molecule has 0 aromatic heterocycles. The van der Waals surface area contributed by atoms with Crippen molar-refractivity contribution in [1.29, 1.82) is 0 Å². The summed E-state index contributed by atoms with van der Waals surface area (Å²) in [4.78, 5) is 73.4. The fourth-order valence-electron chi connectivity index (χ4n) is 14.3. The quantitative estimate of drug-likeness (QED) is 0.0222. The van der Waals surface area contributed by atoms with E-state index in [1.165, 1.54) is 308 Å². The number of hydrogen-bond acceptors (Lipinski definition) is 15. The molecule has 0 fully saturated rings. The molecule has 0 spiro atoms. The summed E-state index contributed by atoms with van der Waals surface area (Å²) in [6.45, 7) is 9.71. The maximum absolute atomic E-state index is 13.2. The minimum absolute atomic E-state index is 0.108. The van der Waals surface area contributed by atoms with Gasteiger partial charge in [0.25, 0.3) is 0 Å². The van der Waals surface area contributed by atoms with Crippen LogP contribution in [0.1, 0.15) is 491 Å². The number of unbranched alkanes of at least 4 members (excludes halogenated alkanes) is 60. The van der Waals surface area contributed by atoms with Crippen molar-refractivity contribution in [3.63, 3.8) is 0 Å². The predicted molar refractivity (Wildman–Crippen MR) is 455 cm³/mol. The number of carbonyl (C=O) groups excluding carboxylic acids is 4.